The van der Waals surface area contributed by atoms with Crippen molar-refractivity contribution in [3.05, 3.63) is 34.5 Å². The number of carbonyl (C=O) groups excluding carboxylic acids is 2. The number of rotatable bonds is 5. The number of esters is 1. The van der Waals surface area contributed by atoms with Crippen LogP contribution in [0, 0.1) is 13.8 Å². The SMILES string of the molecule is CCOC(=O)c1ccsc1NC(=O)Cn1nc(C)cc1C. The molecule has 0 saturated carbocycles. The number of ether oxygens (including phenoxy) is 1. The number of thiophene rings is 1. The summed E-state index contributed by atoms with van der Waals surface area (Å²) in [5.74, 6) is -0.658. The van der Waals surface area contributed by atoms with Crippen LogP contribution in [0.5, 0.6) is 0 Å². The predicted octanol–water partition coefficient (Wildman–Crippen LogP) is 2.38. The highest BCUT2D eigenvalue weighted by Gasteiger charge is 2.16. The van der Waals surface area contributed by atoms with Crippen molar-refractivity contribution in [2.45, 2.75) is 27.3 Å². The van der Waals surface area contributed by atoms with Crippen LogP contribution >= 0.6 is 11.3 Å². The quantitative estimate of drug-likeness (QED) is 0.861. The molecule has 0 aliphatic heterocycles. The lowest BCUT2D eigenvalue weighted by atomic mass is 10.3. The van der Waals surface area contributed by atoms with E-state index >= 15 is 0 Å². The molecule has 2 aromatic heterocycles. The van der Waals surface area contributed by atoms with Crippen LogP contribution in [0.1, 0.15) is 28.7 Å². The van der Waals surface area contributed by atoms with Gasteiger partial charge < -0.3 is 10.1 Å². The number of anilines is 1. The summed E-state index contributed by atoms with van der Waals surface area (Å²) in [5, 5.41) is 9.21. The van der Waals surface area contributed by atoms with Crippen LogP contribution in [0.15, 0.2) is 17.5 Å². The summed E-state index contributed by atoms with van der Waals surface area (Å²) < 4.78 is 6.58. The van der Waals surface area contributed by atoms with Crippen molar-refractivity contribution in [3.63, 3.8) is 0 Å². The van der Waals surface area contributed by atoms with E-state index in [0.717, 1.165) is 11.4 Å². The van der Waals surface area contributed by atoms with Gasteiger partial charge in [-0.2, -0.15) is 5.10 Å². The summed E-state index contributed by atoms with van der Waals surface area (Å²) in [5.41, 5.74) is 2.16. The predicted molar refractivity (Wildman–Crippen MR) is 80.6 cm³/mol. The fraction of sp³-hybridized carbons (Fsp3) is 0.357. The molecule has 6 nitrogen and oxygen atoms in total. The second-order valence-corrected chi connectivity index (χ2v) is 5.43. The molecular weight excluding hydrogens is 290 g/mol. The van der Waals surface area contributed by atoms with Crippen LogP contribution < -0.4 is 5.32 Å². The first-order valence-electron chi connectivity index (χ1n) is 6.56. The Balaban J connectivity index is 2.05. The molecule has 0 radical (unpaired) electrons. The average Bonchev–Trinajstić information content (AvgIpc) is 2.97. The molecule has 0 spiro atoms. The number of nitrogens with one attached hydrogen (secondary N) is 1. The maximum Gasteiger partial charge on any atom is 0.341 e. The van der Waals surface area contributed by atoms with Crippen molar-refractivity contribution in [2.24, 2.45) is 0 Å². The summed E-state index contributed by atoms with van der Waals surface area (Å²) in [6, 6.07) is 3.55. The second kappa shape index (κ2) is 6.53. The smallest absolute Gasteiger partial charge is 0.341 e. The van der Waals surface area contributed by atoms with Crippen LogP contribution in [0.2, 0.25) is 0 Å². The minimum atomic E-state index is -0.430. The summed E-state index contributed by atoms with van der Waals surface area (Å²) in [4.78, 5) is 23.8. The molecule has 0 aliphatic rings. The third kappa shape index (κ3) is 3.69. The second-order valence-electron chi connectivity index (χ2n) is 4.52. The Morgan fingerprint density at radius 1 is 1.43 bits per heavy atom. The standard InChI is InChI=1S/C14H17N3O3S/c1-4-20-14(19)11-5-6-21-13(11)15-12(18)8-17-10(3)7-9(2)16-17/h5-7H,4,8H2,1-3H3,(H,15,18). The monoisotopic (exact) mass is 307 g/mol. The van der Waals surface area contributed by atoms with Crippen LogP contribution in [-0.2, 0) is 16.1 Å². The van der Waals surface area contributed by atoms with E-state index in [1.54, 1.807) is 23.1 Å². The van der Waals surface area contributed by atoms with E-state index in [4.69, 9.17) is 4.74 Å². The lowest BCUT2D eigenvalue weighted by Crippen LogP contribution is -2.21. The minimum Gasteiger partial charge on any atom is -0.462 e. The zero-order chi connectivity index (χ0) is 15.4. The lowest BCUT2D eigenvalue weighted by molar-refractivity contribution is -0.116. The fourth-order valence-corrected chi connectivity index (χ4v) is 2.70. The number of carbonyl (C=O) groups is 2. The molecule has 0 fully saturated rings. The van der Waals surface area contributed by atoms with Gasteiger partial charge in [-0.1, -0.05) is 0 Å². The number of nitrogens with zero attached hydrogens (tertiary/aromatic N) is 2. The van der Waals surface area contributed by atoms with Crippen LogP contribution in [0.3, 0.4) is 0 Å². The molecule has 1 N–H and O–H groups in total. The minimum absolute atomic E-state index is 0.111. The van der Waals surface area contributed by atoms with Crippen LogP contribution in [0.4, 0.5) is 5.00 Å². The Morgan fingerprint density at radius 3 is 2.81 bits per heavy atom. The first-order valence-corrected chi connectivity index (χ1v) is 7.44. The first kappa shape index (κ1) is 15.2. The Bertz CT molecular complexity index is 660. The van der Waals surface area contributed by atoms with Gasteiger partial charge in [0.1, 0.15) is 11.5 Å². The van der Waals surface area contributed by atoms with Crippen molar-refractivity contribution in [1.29, 1.82) is 0 Å². The lowest BCUT2D eigenvalue weighted by Gasteiger charge is -2.07. The number of hydrogen-bond acceptors (Lipinski definition) is 5. The highest BCUT2D eigenvalue weighted by atomic mass is 32.1. The molecule has 2 aromatic rings. The molecule has 2 rings (SSSR count). The Morgan fingerprint density at radius 2 is 2.19 bits per heavy atom. The van der Waals surface area contributed by atoms with Gasteiger partial charge in [-0.15, -0.1) is 11.3 Å². The van der Waals surface area contributed by atoms with Crippen LogP contribution in [-0.4, -0.2) is 28.3 Å². The van der Waals surface area contributed by atoms with Gasteiger partial charge in [-0.05, 0) is 38.3 Å². The third-order valence-corrected chi connectivity index (χ3v) is 3.64. The topological polar surface area (TPSA) is 73.2 Å². The molecular formula is C14H17N3O3S. The van der Waals surface area contributed by atoms with Crippen molar-refractivity contribution < 1.29 is 14.3 Å². The molecule has 0 unspecified atom stereocenters. The van der Waals surface area contributed by atoms with Crippen molar-refractivity contribution in [2.75, 3.05) is 11.9 Å². The zero-order valence-electron chi connectivity index (χ0n) is 12.2. The number of aromatic nitrogens is 2. The van der Waals surface area contributed by atoms with Crippen molar-refractivity contribution in [3.8, 4) is 0 Å². The third-order valence-electron chi connectivity index (χ3n) is 2.81. The number of aryl methyl sites for hydroxylation is 2. The molecule has 0 atom stereocenters. The van der Waals surface area contributed by atoms with Gasteiger partial charge in [0.25, 0.3) is 0 Å². The van der Waals surface area contributed by atoms with E-state index in [9.17, 15) is 9.59 Å². The highest BCUT2D eigenvalue weighted by Crippen LogP contribution is 2.24. The summed E-state index contributed by atoms with van der Waals surface area (Å²) >= 11 is 1.29. The van der Waals surface area contributed by atoms with Gasteiger partial charge in [0.2, 0.25) is 5.91 Å². The van der Waals surface area contributed by atoms with Gasteiger partial charge in [0, 0.05) is 5.69 Å². The molecule has 0 bridgehead atoms. The average molecular weight is 307 g/mol. The van der Waals surface area contributed by atoms with Gasteiger partial charge >= 0.3 is 5.97 Å². The normalized spacial score (nSPS) is 10.4. The molecule has 0 aliphatic carbocycles. The molecule has 1 amide bonds. The maximum atomic E-state index is 12.1. The van der Waals surface area contributed by atoms with Gasteiger partial charge in [-0.25, -0.2) is 4.79 Å². The maximum absolute atomic E-state index is 12.1. The molecule has 0 saturated heterocycles. The fourth-order valence-electron chi connectivity index (χ4n) is 1.91. The summed E-state index contributed by atoms with van der Waals surface area (Å²) in [7, 11) is 0. The van der Waals surface area contributed by atoms with Gasteiger partial charge in [0.15, 0.2) is 0 Å². The van der Waals surface area contributed by atoms with Crippen LogP contribution in [0.25, 0.3) is 0 Å². The van der Waals surface area contributed by atoms with E-state index in [2.05, 4.69) is 10.4 Å². The van der Waals surface area contributed by atoms with E-state index < -0.39 is 5.97 Å². The van der Waals surface area contributed by atoms with Crippen molar-refractivity contribution >= 4 is 28.2 Å². The zero-order valence-corrected chi connectivity index (χ0v) is 13.0. The molecule has 21 heavy (non-hydrogen) atoms. The largest absolute Gasteiger partial charge is 0.462 e. The summed E-state index contributed by atoms with van der Waals surface area (Å²) in [6.45, 7) is 5.92. The molecule has 0 aromatic carbocycles. The first-order chi connectivity index (χ1) is 10.0. The van der Waals surface area contributed by atoms with E-state index in [1.165, 1.54) is 11.3 Å². The van der Waals surface area contributed by atoms with Crippen molar-refractivity contribution in [1.82, 2.24) is 9.78 Å². The van der Waals surface area contributed by atoms with Gasteiger partial charge in [-0.3, -0.25) is 9.48 Å². The Hall–Kier alpha value is -2.15. The molecule has 2 heterocycles. The van der Waals surface area contributed by atoms with E-state index in [1.807, 2.05) is 19.9 Å². The number of amides is 1. The molecule has 7 heteroatoms. The Labute approximate surface area is 126 Å². The summed E-state index contributed by atoms with van der Waals surface area (Å²) in [6.07, 6.45) is 0. The van der Waals surface area contributed by atoms with E-state index in [0.29, 0.717) is 17.2 Å². The molecule has 112 valence electrons. The Kier molecular flexibility index (Phi) is 4.74. The number of hydrogen-bond donors (Lipinski definition) is 1. The highest BCUT2D eigenvalue weighted by molar-refractivity contribution is 7.14. The van der Waals surface area contributed by atoms with E-state index in [-0.39, 0.29) is 12.5 Å². The van der Waals surface area contributed by atoms with Gasteiger partial charge in [0.05, 0.1) is 17.9 Å².